The molecule has 1 aromatic heterocycles. The molecule has 7 heteroatoms. The molecule has 0 aliphatic heterocycles. The molecule has 30 heavy (non-hydrogen) atoms. The third kappa shape index (κ3) is 3.83. The summed E-state index contributed by atoms with van der Waals surface area (Å²) in [5.41, 5.74) is 1.36. The first-order valence-corrected chi connectivity index (χ1v) is 9.96. The number of anilines is 2. The van der Waals surface area contributed by atoms with Crippen molar-refractivity contribution in [2.45, 2.75) is 25.7 Å². The van der Waals surface area contributed by atoms with Gasteiger partial charge in [-0.2, -0.15) is 0 Å². The molecule has 0 unspecified atom stereocenters. The van der Waals surface area contributed by atoms with Gasteiger partial charge in [-0.05, 0) is 37.1 Å². The Balaban J connectivity index is 1.68. The maximum absolute atomic E-state index is 13.1. The molecule has 156 valence electrons. The highest BCUT2D eigenvalue weighted by atomic mass is 16.5. The van der Waals surface area contributed by atoms with Gasteiger partial charge in [0, 0.05) is 17.4 Å². The summed E-state index contributed by atoms with van der Waals surface area (Å²) in [7, 11) is 3.06. The lowest BCUT2D eigenvalue weighted by molar-refractivity contribution is -0.119. The van der Waals surface area contributed by atoms with Gasteiger partial charge in [-0.25, -0.2) is 0 Å². The first kappa shape index (κ1) is 19.8. The second-order valence-corrected chi connectivity index (χ2v) is 7.29. The second kappa shape index (κ2) is 8.49. The lowest BCUT2D eigenvalue weighted by Gasteiger charge is -2.13. The van der Waals surface area contributed by atoms with E-state index in [-0.39, 0.29) is 17.6 Å². The maximum Gasteiger partial charge on any atom is 0.293 e. The number of rotatable bonds is 6. The quantitative estimate of drug-likeness (QED) is 0.610. The van der Waals surface area contributed by atoms with Gasteiger partial charge in [0.15, 0.2) is 0 Å². The fourth-order valence-electron chi connectivity index (χ4n) is 3.83. The van der Waals surface area contributed by atoms with E-state index in [1.807, 2.05) is 18.2 Å². The van der Waals surface area contributed by atoms with Crippen LogP contribution in [0.2, 0.25) is 0 Å². The van der Waals surface area contributed by atoms with Gasteiger partial charge < -0.3 is 24.5 Å². The van der Waals surface area contributed by atoms with Gasteiger partial charge in [-0.15, -0.1) is 0 Å². The van der Waals surface area contributed by atoms with Crippen molar-refractivity contribution in [3.63, 3.8) is 0 Å². The molecular formula is C23H24N2O5. The first-order valence-electron chi connectivity index (χ1n) is 9.96. The molecule has 1 saturated carbocycles. The summed E-state index contributed by atoms with van der Waals surface area (Å²) in [4.78, 5) is 25.9. The minimum atomic E-state index is -0.487. The van der Waals surface area contributed by atoms with Crippen LogP contribution in [0.3, 0.4) is 0 Å². The fraction of sp³-hybridized carbons (Fsp3) is 0.304. The molecule has 0 radical (unpaired) electrons. The highest BCUT2D eigenvalue weighted by molar-refractivity contribution is 6.15. The van der Waals surface area contributed by atoms with Crippen LogP contribution in [0.4, 0.5) is 11.4 Å². The largest absolute Gasteiger partial charge is 0.497 e. The van der Waals surface area contributed by atoms with Gasteiger partial charge in [0.2, 0.25) is 11.7 Å². The summed E-state index contributed by atoms with van der Waals surface area (Å²) < 4.78 is 16.4. The van der Waals surface area contributed by atoms with Crippen LogP contribution in [0.25, 0.3) is 11.0 Å². The minimum absolute atomic E-state index is 0.0342. The van der Waals surface area contributed by atoms with E-state index >= 15 is 0 Å². The molecule has 2 amide bonds. The van der Waals surface area contributed by atoms with Crippen molar-refractivity contribution in [3.8, 4) is 11.5 Å². The SMILES string of the molecule is COc1ccc(OC)c(NC(=O)c2oc3ccccc3c2NC(=O)C2CCCC2)c1. The number of carbonyl (C=O) groups excluding carboxylic acids is 2. The van der Waals surface area contributed by atoms with Crippen molar-refractivity contribution < 1.29 is 23.5 Å². The van der Waals surface area contributed by atoms with Gasteiger partial charge in [-0.1, -0.05) is 25.0 Å². The van der Waals surface area contributed by atoms with Crippen LogP contribution < -0.4 is 20.1 Å². The van der Waals surface area contributed by atoms with E-state index in [0.29, 0.717) is 33.8 Å². The van der Waals surface area contributed by atoms with E-state index in [1.54, 1.807) is 31.4 Å². The summed E-state index contributed by atoms with van der Waals surface area (Å²) >= 11 is 0. The first-order chi connectivity index (χ1) is 14.6. The number of benzene rings is 2. The van der Waals surface area contributed by atoms with Crippen LogP contribution in [0, 0.1) is 5.92 Å². The van der Waals surface area contributed by atoms with Gasteiger partial charge in [0.05, 0.1) is 19.9 Å². The zero-order valence-electron chi connectivity index (χ0n) is 17.0. The minimum Gasteiger partial charge on any atom is -0.497 e. The molecule has 2 aromatic carbocycles. The van der Waals surface area contributed by atoms with E-state index < -0.39 is 5.91 Å². The molecule has 1 aliphatic carbocycles. The average Bonchev–Trinajstić information content (AvgIpc) is 3.42. The number of methoxy groups -OCH3 is 2. The van der Waals surface area contributed by atoms with E-state index in [2.05, 4.69) is 10.6 Å². The van der Waals surface area contributed by atoms with Crippen LogP contribution in [0.5, 0.6) is 11.5 Å². The number of nitrogens with one attached hydrogen (secondary N) is 2. The average molecular weight is 408 g/mol. The molecule has 4 rings (SSSR count). The van der Waals surface area contributed by atoms with Gasteiger partial charge in [-0.3, -0.25) is 9.59 Å². The molecule has 2 N–H and O–H groups in total. The van der Waals surface area contributed by atoms with Crippen molar-refractivity contribution in [3.05, 3.63) is 48.2 Å². The van der Waals surface area contributed by atoms with Crippen molar-refractivity contribution in [1.29, 1.82) is 0 Å². The van der Waals surface area contributed by atoms with E-state index in [1.165, 1.54) is 7.11 Å². The molecule has 0 atom stereocenters. The predicted molar refractivity (Wildman–Crippen MR) is 114 cm³/mol. The smallest absolute Gasteiger partial charge is 0.293 e. The van der Waals surface area contributed by atoms with Crippen LogP contribution in [0.15, 0.2) is 46.9 Å². The van der Waals surface area contributed by atoms with Crippen LogP contribution >= 0.6 is 0 Å². The highest BCUT2D eigenvalue weighted by Crippen LogP contribution is 2.35. The third-order valence-electron chi connectivity index (χ3n) is 5.43. The van der Waals surface area contributed by atoms with Crippen molar-refractivity contribution >= 4 is 34.2 Å². The van der Waals surface area contributed by atoms with Crippen LogP contribution in [0.1, 0.15) is 36.2 Å². The zero-order chi connectivity index (χ0) is 21.1. The summed E-state index contributed by atoms with van der Waals surface area (Å²) in [5.74, 6) is 0.509. The fourth-order valence-corrected chi connectivity index (χ4v) is 3.83. The van der Waals surface area contributed by atoms with E-state index in [9.17, 15) is 9.59 Å². The Bertz CT molecular complexity index is 1080. The van der Waals surface area contributed by atoms with Gasteiger partial charge in [0.1, 0.15) is 22.8 Å². The predicted octanol–water partition coefficient (Wildman–Crippen LogP) is 4.83. The van der Waals surface area contributed by atoms with Crippen LogP contribution in [-0.4, -0.2) is 26.0 Å². The highest BCUT2D eigenvalue weighted by Gasteiger charge is 2.27. The van der Waals surface area contributed by atoms with E-state index in [4.69, 9.17) is 13.9 Å². The molecule has 1 fully saturated rings. The number of ether oxygens (including phenoxy) is 2. The number of hydrogen-bond acceptors (Lipinski definition) is 5. The maximum atomic E-state index is 13.1. The molecule has 1 heterocycles. The number of carbonyl (C=O) groups is 2. The summed E-state index contributed by atoms with van der Waals surface area (Å²) in [6.07, 6.45) is 3.83. The summed E-state index contributed by atoms with van der Waals surface area (Å²) in [5, 5.41) is 6.44. The number of fused-ring (bicyclic) bond motifs is 1. The Morgan fingerprint density at radius 1 is 1.00 bits per heavy atom. The molecule has 0 bridgehead atoms. The molecule has 0 saturated heterocycles. The third-order valence-corrected chi connectivity index (χ3v) is 5.43. The van der Waals surface area contributed by atoms with Gasteiger partial charge in [0.25, 0.3) is 5.91 Å². The Hall–Kier alpha value is -3.48. The molecule has 1 aliphatic rings. The molecule has 3 aromatic rings. The zero-order valence-corrected chi connectivity index (χ0v) is 17.0. The molecule has 0 spiro atoms. The Labute approximate surface area is 174 Å². The summed E-state index contributed by atoms with van der Waals surface area (Å²) in [6.45, 7) is 0. The van der Waals surface area contributed by atoms with E-state index in [0.717, 1.165) is 25.7 Å². The lowest BCUT2D eigenvalue weighted by atomic mass is 10.1. The Morgan fingerprint density at radius 2 is 1.77 bits per heavy atom. The Morgan fingerprint density at radius 3 is 2.50 bits per heavy atom. The number of amides is 2. The number of furan rings is 1. The van der Waals surface area contributed by atoms with Crippen molar-refractivity contribution in [2.75, 3.05) is 24.9 Å². The van der Waals surface area contributed by atoms with Crippen molar-refractivity contribution in [1.82, 2.24) is 0 Å². The Kier molecular flexibility index (Phi) is 5.61. The standard InChI is InChI=1S/C23H24N2O5/c1-28-15-11-12-19(29-2)17(13-15)24-23(27)21-20(16-9-5-6-10-18(16)30-21)25-22(26)14-7-3-4-8-14/h5-6,9-14H,3-4,7-8H2,1-2H3,(H,24,27)(H,25,26). The van der Waals surface area contributed by atoms with Crippen LogP contribution in [-0.2, 0) is 4.79 Å². The molecular weight excluding hydrogens is 384 g/mol. The second-order valence-electron chi connectivity index (χ2n) is 7.29. The number of hydrogen-bond donors (Lipinski definition) is 2. The number of para-hydroxylation sites is 1. The van der Waals surface area contributed by atoms with Gasteiger partial charge >= 0.3 is 0 Å². The molecule has 7 nitrogen and oxygen atoms in total. The monoisotopic (exact) mass is 408 g/mol. The lowest BCUT2D eigenvalue weighted by Crippen LogP contribution is -2.22. The summed E-state index contributed by atoms with van der Waals surface area (Å²) in [6, 6.07) is 12.4. The topological polar surface area (TPSA) is 89.8 Å². The van der Waals surface area contributed by atoms with Crippen molar-refractivity contribution in [2.24, 2.45) is 5.92 Å². The normalized spacial score (nSPS) is 13.9.